The van der Waals surface area contributed by atoms with E-state index < -0.39 is 10.0 Å². The van der Waals surface area contributed by atoms with Crippen molar-refractivity contribution in [2.24, 2.45) is 0 Å². The average Bonchev–Trinajstić information content (AvgIpc) is 3.06. The van der Waals surface area contributed by atoms with Crippen molar-refractivity contribution < 1.29 is 8.42 Å². The minimum atomic E-state index is -3.55. The SMILES string of the molecule is CCCCc1nc(N2CCCN(S(=O)(=O)c3ccc(C)cc3)CC2)c2c(C)nn(-c3ccccc3)c2n1. The standard InChI is InChI=1S/C28H34N6O2S/c1-4-5-12-25-29-27(26-22(3)31-34(28(26)30-25)23-10-7-6-8-11-23)32-17-9-18-33(20-19-32)37(35,36)24-15-13-21(2)14-16-24/h6-8,10-11,13-16H,4-5,9,12,17-20H2,1-3H3. The molecule has 9 heteroatoms. The molecule has 1 saturated heterocycles. The molecule has 194 valence electrons. The Morgan fingerprint density at radius 1 is 0.892 bits per heavy atom. The molecule has 1 aliphatic rings. The number of hydrogen-bond acceptors (Lipinski definition) is 6. The summed E-state index contributed by atoms with van der Waals surface area (Å²) in [5, 5.41) is 5.77. The van der Waals surface area contributed by atoms with Crippen molar-refractivity contribution >= 4 is 26.9 Å². The minimum Gasteiger partial charge on any atom is -0.355 e. The average molecular weight is 519 g/mol. The van der Waals surface area contributed by atoms with Crippen molar-refractivity contribution in [1.82, 2.24) is 24.1 Å². The third-order valence-corrected chi connectivity index (χ3v) is 8.81. The monoisotopic (exact) mass is 518 g/mol. The molecule has 0 spiro atoms. The van der Waals surface area contributed by atoms with Crippen LogP contribution in [0.4, 0.5) is 5.82 Å². The van der Waals surface area contributed by atoms with Gasteiger partial charge in [0.15, 0.2) is 5.65 Å². The summed E-state index contributed by atoms with van der Waals surface area (Å²) in [5.74, 6) is 1.65. The van der Waals surface area contributed by atoms with Crippen LogP contribution in [-0.4, -0.2) is 58.7 Å². The van der Waals surface area contributed by atoms with Gasteiger partial charge in [-0.1, -0.05) is 49.2 Å². The van der Waals surface area contributed by atoms with Crippen LogP contribution in [0.3, 0.4) is 0 Å². The summed E-state index contributed by atoms with van der Waals surface area (Å²) in [7, 11) is -3.55. The molecule has 1 aliphatic heterocycles. The largest absolute Gasteiger partial charge is 0.355 e. The molecule has 0 bridgehead atoms. The van der Waals surface area contributed by atoms with E-state index in [1.165, 1.54) is 0 Å². The maximum Gasteiger partial charge on any atom is 0.243 e. The Kier molecular flexibility index (Phi) is 7.26. The molecule has 4 aromatic rings. The molecular formula is C28H34N6O2S. The Hall–Kier alpha value is -3.30. The van der Waals surface area contributed by atoms with Gasteiger partial charge in [-0.2, -0.15) is 9.40 Å². The van der Waals surface area contributed by atoms with Crippen molar-refractivity contribution in [1.29, 1.82) is 0 Å². The second-order valence-corrected chi connectivity index (χ2v) is 11.6. The van der Waals surface area contributed by atoms with E-state index in [0.717, 1.165) is 65.4 Å². The van der Waals surface area contributed by atoms with Gasteiger partial charge < -0.3 is 4.90 Å². The van der Waals surface area contributed by atoms with E-state index in [-0.39, 0.29) is 0 Å². The van der Waals surface area contributed by atoms with Gasteiger partial charge in [-0.15, -0.1) is 0 Å². The zero-order chi connectivity index (χ0) is 26.0. The number of fused-ring (bicyclic) bond motifs is 1. The molecule has 8 nitrogen and oxygen atoms in total. The molecule has 1 fully saturated rings. The lowest BCUT2D eigenvalue weighted by Crippen LogP contribution is -2.35. The molecule has 0 N–H and O–H groups in total. The number of rotatable bonds is 7. The lowest BCUT2D eigenvalue weighted by atomic mass is 10.2. The number of sulfonamides is 1. The summed E-state index contributed by atoms with van der Waals surface area (Å²) in [6, 6.07) is 17.1. The summed E-state index contributed by atoms with van der Waals surface area (Å²) in [5.41, 5.74) is 3.66. The molecule has 2 aromatic carbocycles. The molecule has 0 radical (unpaired) electrons. The van der Waals surface area contributed by atoms with E-state index in [4.69, 9.17) is 15.1 Å². The Labute approximate surface area is 219 Å². The van der Waals surface area contributed by atoms with Crippen LogP contribution in [0.25, 0.3) is 16.7 Å². The van der Waals surface area contributed by atoms with Crippen molar-refractivity contribution in [2.75, 3.05) is 31.1 Å². The fraction of sp³-hybridized carbons (Fsp3) is 0.393. The highest BCUT2D eigenvalue weighted by Crippen LogP contribution is 2.30. The molecule has 2 aromatic heterocycles. The van der Waals surface area contributed by atoms with E-state index in [2.05, 4.69) is 11.8 Å². The van der Waals surface area contributed by atoms with Gasteiger partial charge in [0, 0.05) is 32.6 Å². The highest BCUT2D eigenvalue weighted by Gasteiger charge is 2.29. The van der Waals surface area contributed by atoms with Crippen LogP contribution in [0.15, 0.2) is 59.5 Å². The molecule has 0 unspecified atom stereocenters. The molecular weight excluding hydrogens is 484 g/mol. The Bertz CT molecular complexity index is 1480. The first kappa shape index (κ1) is 25.4. The Balaban J connectivity index is 1.51. The highest BCUT2D eigenvalue weighted by atomic mass is 32.2. The van der Waals surface area contributed by atoms with Crippen LogP contribution in [0, 0.1) is 13.8 Å². The van der Waals surface area contributed by atoms with E-state index >= 15 is 0 Å². The number of aryl methyl sites for hydroxylation is 3. The number of anilines is 1. The lowest BCUT2D eigenvalue weighted by Gasteiger charge is -2.24. The van der Waals surface area contributed by atoms with Crippen molar-refractivity contribution in [3.05, 3.63) is 71.7 Å². The first-order valence-electron chi connectivity index (χ1n) is 13.0. The van der Waals surface area contributed by atoms with E-state index in [1.54, 1.807) is 16.4 Å². The number of para-hydroxylation sites is 1. The van der Waals surface area contributed by atoms with Crippen LogP contribution in [0.2, 0.25) is 0 Å². The second kappa shape index (κ2) is 10.6. The summed E-state index contributed by atoms with van der Waals surface area (Å²) < 4.78 is 30.2. The molecule has 0 atom stereocenters. The van der Waals surface area contributed by atoms with E-state index in [1.807, 2.05) is 61.0 Å². The van der Waals surface area contributed by atoms with Crippen LogP contribution in [0.5, 0.6) is 0 Å². The smallest absolute Gasteiger partial charge is 0.243 e. The van der Waals surface area contributed by atoms with Crippen molar-refractivity contribution in [3.63, 3.8) is 0 Å². The first-order chi connectivity index (χ1) is 17.9. The number of benzene rings is 2. The predicted molar refractivity (Wildman–Crippen MR) is 147 cm³/mol. The summed E-state index contributed by atoms with van der Waals surface area (Å²) in [6.45, 7) is 8.26. The zero-order valence-electron chi connectivity index (χ0n) is 21.8. The molecule has 0 amide bonds. The summed E-state index contributed by atoms with van der Waals surface area (Å²) >= 11 is 0. The normalized spacial score (nSPS) is 15.3. The first-order valence-corrected chi connectivity index (χ1v) is 14.5. The van der Waals surface area contributed by atoms with Gasteiger partial charge >= 0.3 is 0 Å². The van der Waals surface area contributed by atoms with Crippen LogP contribution < -0.4 is 4.90 Å². The third kappa shape index (κ3) is 5.10. The quantitative estimate of drug-likeness (QED) is 0.353. The second-order valence-electron chi connectivity index (χ2n) is 9.66. The third-order valence-electron chi connectivity index (χ3n) is 6.90. The van der Waals surface area contributed by atoms with Gasteiger partial charge in [0.05, 0.1) is 21.7 Å². The van der Waals surface area contributed by atoms with Crippen molar-refractivity contribution in [2.45, 2.75) is 51.3 Å². The zero-order valence-corrected chi connectivity index (χ0v) is 22.6. The maximum atomic E-state index is 13.4. The Morgan fingerprint density at radius 3 is 2.38 bits per heavy atom. The molecule has 0 saturated carbocycles. The van der Waals surface area contributed by atoms with Crippen LogP contribution >= 0.6 is 0 Å². The predicted octanol–water partition coefficient (Wildman–Crippen LogP) is 4.68. The van der Waals surface area contributed by atoms with Crippen LogP contribution in [0.1, 0.15) is 43.3 Å². The fourth-order valence-electron chi connectivity index (χ4n) is 4.84. The molecule has 5 rings (SSSR count). The summed E-state index contributed by atoms with van der Waals surface area (Å²) in [6.07, 6.45) is 3.57. The Morgan fingerprint density at radius 2 is 1.65 bits per heavy atom. The van der Waals surface area contributed by atoms with Crippen molar-refractivity contribution in [3.8, 4) is 5.69 Å². The lowest BCUT2D eigenvalue weighted by molar-refractivity contribution is 0.433. The highest BCUT2D eigenvalue weighted by molar-refractivity contribution is 7.89. The van der Waals surface area contributed by atoms with Gasteiger partial charge in [0.25, 0.3) is 0 Å². The maximum absolute atomic E-state index is 13.4. The molecule has 0 aliphatic carbocycles. The topological polar surface area (TPSA) is 84.2 Å². The number of hydrogen-bond donors (Lipinski definition) is 0. The number of unbranched alkanes of at least 4 members (excludes halogenated alkanes) is 1. The van der Waals surface area contributed by atoms with Gasteiger partial charge in [-0.3, -0.25) is 0 Å². The molecule has 37 heavy (non-hydrogen) atoms. The van der Waals surface area contributed by atoms with Gasteiger partial charge in [-0.05, 0) is 51.0 Å². The summed E-state index contributed by atoms with van der Waals surface area (Å²) in [4.78, 5) is 12.5. The minimum absolute atomic E-state index is 0.345. The van der Waals surface area contributed by atoms with Gasteiger partial charge in [-0.25, -0.2) is 23.1 Å². The van der Waals surface area contributed by atoms with Crippen LogP contribution in [-0.2, 0) is 16.4 Å². The van der Waals surface area contributed by atoms with Gasteiger partial charge in [0.1, 0.15) is 11.6 Å². The van der Waals surface area contributed by atoms with Gasteiger partial charge in [0.2, 0.25) is 10.0 Å². The van der Waals surface area contributed by atoms with E-state index in [9.17, 15) is 8.42 Å². The fourth-order valence-corrected chi connectivity index (χ4v) is 6.31. The van der Waals surface area contributed by atoms with E-state index in [0.29, 0.717) is 31.0 Å². The number of nitrogens with zero attached hydrogens (tertiary/aromatic N) is 6. The molecule has 3 heterocycles. The number of aromatic nitrogens is 4.